The Bertz CT molecular complexity index is 1100. The summed E-state index contributed by atoms with van der Waals surface area (Å²) in [6, 6.07) is 21.0. The second-order valence-electron chi connectivity index (χ2n) is 8.80. The van der Waals surface area contributed by atoms with E-state index in [-0.39, 0.29) is 61.7 Å². The molecule has 0 aromatic heterocycles. The molecule has 0 radical (unpaired) electrons. The first kappa shape index (κ1) is 31.9. The van der Waals surface area contributed by atoms with E-state index >= 15 is 0 Å². The van der Waals surface area contributed by atoms with Gasteiger partial charge in [0.25, 0.3) is 0 Å². The van der Waals surface area contributed by atoms with Crippen LogP contribution in [0.15, 0.2) is 78.9 Å². The van der Waals surface area contributed by atoms with Gasteiger partial charge in [-0.25, -0.2) is 0 Å². The van der Waals surface area contributed by atoms with Crippen LogP contribution in [0.5, 0.6) is 0 Å². The quantitative estimate of drug-likeness (QED) is 0.297. The molecule has 0 unspecified atom stereocenters. The highest BCUT2D eigenvalue weighted by molar-refractivity contribution is 5.85. The van der Waals surface area contributed by atoms with Crippen LogP contribution in [-0.4, -0.2) is 30.6 Å². The van der Waals surface area contributed by atoms with Crippen molar-refractivity contribution in [3.8, 4) is 0 Å². The number of nitrogens with zero attached hydrogens (tertiary/aromatic N) is 1. The highest BCUT2D eigenvalue weighted by Crippen LogP contribution is 2.36. The Kier molecular flexibility index (Phi) is 11.5. The van der Waals surface area contributed by atoms with Crippen LogP contribution in [-0.2, 0) is 30.2 Å². The van der Waals surface area contributed by atoms with Gasteiger partial charge in [-0.2, -0.15) is 26.3 Å². The largest absolute Gasteiger partial charge is 0.416 e. The summed E-state index contributed by atoms with van der Waals surface area (Å²) in [5, 5.41) is 3.41. The van der Waals surface area contributed by atoms with Gasteiger partial charge >= 0.3 is 12.4 Å². The summed E-state index contributed by atoms with van der Waals surface area (Å²) < 4.78 is 84.8. The molecule has 1 heterocycles. The van der Waals surface area contributed by atoms with Crippen molar-refractivity contribution >= 4 is 24.8 Å². The monoisotopic (exact) mass is 580 g/mol. The summed E-state index contributed by atoms with van der Waals surface area (Å²) in [5.41, 5.74) is -0.674. The zero-order chi connectivity index (χ0) is 25.8. The maximum atomic E-state index is 13.2. The lowest BCUT2D eigenvalue weighted by atomic mass is 9.95. The van der Waals surface area contributed by atoms with E-state index < -0.39 is 23.5 Å². The van der Waals surface area contributed by atoms with E-state index in [1.807, 2.05) is 60.7 Å². The summed E-state index contributed by atoms with van der Waals surface area (Å²) in [5.74, 6) is 0. The Morgan fingerprint density at radius 2 is 1.32 bits per heavy atom. The summed E-state index contributed by atoms with van der Waals surface area (Å²) in [4.78, 5) is 2.31. The van der Waals surface area contributed by atoms with Gasteiger partial charge in [-0.15, -0.1) is 24.8 Å². The lowest BCUT2D eigenvalue weighted by molar-refractivity contribution is -0.143. The molecule has 1 N–H and O–H groups in total. The van der Waals surface area contributed by atoms with Crippen molar-refractivity contribution in [3.05, 3.63) is 107 Å². The first-order valence-electron chi connectivity index (χ1n) is 11.5. The number of halogens is 8. The van der Waals surface area contributed by atoms with Gasteiger partial charge in [0.1, 0.15) is 0 Å². The van der Waals surface area contributed by atoms with Crippen LogP contribution in [0, 0.1) is 0 Å². The van der Waals surface area contributed by atoms with E-state index in [1.54, 1.807) is 0 Å². The fourth-order valence-corrected chi connectivity index (χ4v) is 4.54. The number of alkyl halides is 6. The van der Waals surface area contributed by atoms with Gasteiger partial charge in [0.2, 0.25) is 0 Å². The first-order chi connectivity index (χ1) is 17.1. The molecule has 208 valence electrons. The van der Waals surface area contributed by atoms with Crippen LogP contribution < -0.4 is 5.32 Å². The van der Waals surface area contributed by atoms with E-state index in [4.69, 9.17) is 4.74 Å². The van der Waals surface area contributed by atoms with Crippen LogP contribution >= 0.6 is 24.8 Å². The number of benzene rings is 3. The molecule has 1 fully saturated rings. The number of hydrogen-bond acceptors (Lipinski definition) is 3. The van der Waals surface area contributed by atoms with Gasteiger partial charge in [0.05, 0.1) is 36.4 Å². The van der Waals surface area contributed by atoms with Crippen molar-refractivity contribution in [2.45, 2.75) is 37.6 Å². The van der Waals surface area contributed by atoms with Crippen LogP contribution in [0.25, 0.3) is 0 Å². The number of piperazine rings is 1. The normalized spacial score (nSPS) is 18.4. The van der Waals surface area contributed by atoms with Crippen LogP contribution in [0.3, 0.4) is 0 Å². The Balaban J connectivity index is 0.00000253. The molecule has 3 nitrogen and oxygen atoms in total. The average molecular weight is 581 g/mol. The van der Waals surface area contributed by atoms with Gasteiger partial charge < -0.3 is 10.1 Å². The van der Waals surface area contributed by atoms with Crippen molar-refractivity contribution in [1.82, 2.24) is 10.2 Å². The lowest BCUT2D eigenvalue weighted by Gasteiger charge is -2.42. The molecule has 1 aliphatic heterocycles. The molecule has 38 heavy (non-hydrogen) atoms. The predicted molar refractivity (Wildman–Crippen MR) is 138 cm³/mol. The van der Waals surface area contributed by atoms with E-state index in [1.165, 1.54) is 0 Å². The minimum atomic E-state index is -4.89. The van der Waals surface area contributed by atoms with Gasteiger partial charge in [0.15, 0.2) is 0 Å². The zero-order valence-corrected chi connectivity index (χ0v) is 21.8. The van der Waals surface area contributed by atoms with Crippen molar-refractivity contribution in [2.24, 2.45) is 0 Å². The Labute approximate surface area is 230 Å². The Hall–Kier alpha value is -2.30. The Morgan fingerprint density at radius 1 is 0.763 bits per heavy atom. The highest BCUT2D eigenvalue weighted by atomic mass is 35.5. The topological polar surface area (TPSA) is 24.5 Å². The fraction of sp³-hybridized carbons (Fsp3) is 0.333. The number of nitrogens with one attached hydrogen (secondary N) is 1. The maximum Gasteiger partial charge on any atom is 0.416 e. The second-order valence-corrected chi connectivity index (χ2v) is 8.80. The van der Waals surface area contributed by atoms with Crippen LogP contribution in [0.1, 0.15) is 33.9 Å². The summed E-state index contributed by atoms with van der Waals surface area (Å²) in [6.45, 7) is 1.88. The molecule has 3 aromatic carbocycles. The zero-order valence-electron chi connectivity index (χ0n) is 20.1. The highest BCUT2D eigenvalue weighted by Gasteiger charge is 2.37. The molecule has 0 aliphatic carbocycles. The SMILES string of the molecule is Cl.Cl.FC(F)(F)c1cc(COC[C@@H]2NCCN(Cc3ccccc3)[C@@H]2c2ccccc2)cc(C(F)(F)F)c1. The summed E-state index contributed by atoms with van der Waals surface area (Å²) >= 11 is 0. The minimum absolute atomic E-state index is 0. The standard InChI is InChI=1S/C27H26F6N2O.2ClH/c28-26(29,30)22-13-20(14-23(15-22)27(31,32)33)17-36-18-24-25(21-9-5-2-6-10-21)35(12-11-34-24)16-19-7-3-1-4-8-19;;/h1-10,13-15,24-25,34H,11-12,16-18H2;2*1H/t24-,25+;;/m0../s1. The van der Waals surface area contributed by atoms with Crippen molar-refractivity contribution in [1.29, 1.82) is 0 Å². The number of ether oxygens (including phenoxy) is 1. The average Bonchev–Trinajstić information content (AvgIpc) is 2.84. The van der Waals surface area contributed by atoms with E-state index in [9.17, 15) is 26.3 Å². The molecule has 0 spiro atoms. The molecule has 4 rings (SSSR count). The third-order valence-electron chi connectivity index (χ3n) is 6.16. The molecule has 3 aromatic rings. The van der Waals surface area contributed by atoms with Crippen LogP contribution in [0.2, 0.25) is 0 Å². The third-order valence-corrected chi connectivity index (χ3v) is 6.16. The van der Waals surface area contributed by atoms with E-state index in [0.29, 0.717) is 25.2 Å². The molecule has 0 saturated carbocycles. The first-order valence-corrected chi connectivity index (χ1v) is 11.5. The van der Waals surface area contributed by atoms with Gasteiger partial charge in [-0.05, 0) is 34.9 Å². The molecule has 2 atom stereocenters. The smallest absolute Gasteiger partial charge is 0.375 e. The molecular weight excluding hydrogens is 553 g/mol. The summed E-state index contributed by atoms with van der Waals surface area (Å²) in [6.07, 6.45) is -9.78. The van der Waals surface area contributed by atoms with Gasteiger partial charge in [-0.3, -0.25) is 4.90 Å². The predicted octanol–water partition coefficient (Wildman–Crippen LogP) is 7.30. The molecule has 1 saturated heterocycles. The molecule has 11 heteroatoms. The molecule has 0 amide bonds. The fourth-order valence-electron chi connectivity index (χ4n) is 4.54. The third kappa shape index (κ3) is 8.35. The van der Waals surface area contributed by atoms with Crippen LogP contribution in [0.4, 0.5) is 26.3 Å². The van der Waals surface area contributed by atoms with Crippen molar-refractivity contribution in [2.75, 3.05) is 19.7 Å². The molecular formula is C27H28Cl2F6N2O. The summed E-state index contributed by atoms with van der Waals surface area (Å²) in [7, 11) is 0. The van der Waals surface area contributed by atoms with E-state index in [2.05, 4.69) is 10.2 Å². The number of hydrogen-bond donors (Lipinski definition) is 1. The minimum Gasteiger partial charge on any atom is -0.375 e. The Morgan fingerprint density at radius 3 is 1.87 bits per heavy atom. The van der Waals surface area contributed by atoms with Crippen molar-refractivity contribution in [3.63, 3.8) is 0 Å². The van der Waals surface area contributed by atoms with Gasteiger partial charge in [0, 0.05) is 19.6 Å². The molecule has 1 aliphatic rings. The second kappa shape index (κ2) is 13.7. The maximum absolute atomic E-state index is 13.2. The number of rotatable bonds is 7. The lowest BCUT2D eigenvalue weighted by Crippen LogP contribution is -2.54. The van der Waals surface area contributed by atoms with E-state index in [0.717, 1.165) is 17.7 Å². The van der Waals surface area contributed by atoms with Gasteiger partial charge in [-0.1, -0.05) is 60.7 Å². The van der Waals surface area contributed by atoms with Crippen molar-refractivity contribution < 1.29 is 31.1 Å². The molecule has 0 bridgehead atoms.